The van der Waals surface area contributed by atoms with Crippen LogP contribution in [0.4, 0.5) is 10.5 Å². The van der Waals surface area contributed by atoms with E-state index >= 15 is 0 Å². The molecule has 0 spiro atoms. The molecule has 0 bridgehead atoms. The SMILES string of the molecule is COCCN(Cc1ccncc1)C(=O)Nc1cc(C)cc(C)c1. The first-order valence-electron chi connectivity index (χ1n) is 7.60. The number of methoxy groups -OCH3 is 1. The van der Waals surface area contributed by atoms with Gasteiger partial charge >= 0.3 is 6.03 Å². The standard InChI is InChI=1S/C18H23N3O2/c1-14-10-15(2)12-17(11-14)20-18(22)21(8-9-23-3)13-16-4-6-19-7-5-16/h4-7,10-12H,8-9,13H2,1-3H3,(H,20,22). The van der Waals surface area contributed by atoms with Crippen molar-refractivity contribution in [3.05, 3.63) is 59.4 Å². The van der Waals surface area contributed by atoms with Crippen molar-refractivity contribution in [2.24, 2.45) is 0 Å². The zero-order chi connectivity index (χ0) is 16.7. The van der Waals surface area contributed by atoms with Crippen molar-refractivity contribution in [3.63, 3.8) is 0 Å². The van der Waals surface area contributed by atoms with E-state index in [2.05, 4.69) is 16.4 Å². The maximum Gasteiger partial charge on any atom is 0.322 e. The first-order valence-corrected chi connectivity index (χ1v) is 7.60. The number of nitrogens with zero attached hydrogens (tertiary/aromatic N) is 2. The molecule has 0 aliphatic heterocycles. The van der Waals surface area contributed by atoms with Gasteiger partial charge in [0.15, 0.2) is 0 Å². The predicted octanol–water partition coefficient (Wildman–Crippen LogP) is 3.38. The largest absolute Gasteiger partial charge is 0.383 e. The number of pyridine rings is 1. The fraction of sp³-hybridized carbons (Fsp3) is 0.333. The molecule has 0 aliphatic rings. The van der Waals surface area contributed by atoms with Gasteiger partial charge in [-0.2, -0.15) is 0 Å². The number of rotatable bonds is 6. The molecule has 23 heavy (non-hydrogen) atoms. The van der Waals surface area contributed by atoms with Crippen molar-refractivity contribution in [2.75, 3.05) is 25.6 Å². The number of aryl methyl sites for hydroxylation is 2. The molecule has 122 valence electrons. The van der Waals surface area contributed by atoms with Gasteiger partial charge in [-0.3, -0.25) is 4.98 Å². The van der Waals surface area contributed by atoms with E-state index in [9.17, 15) is 4.79 Å². The van der Waals surface area contributed by atoms with Crippen molar-refractivity contribution >= 4 is 11.7 Å². The third-order valence-corrected chi connectivity index (χ3v) is 3.45. The molecule has 0 aliphatic carbocycles. The number of carbonyl (C=O) groups is 1. The Kier molecular flexibility index (Phi) is 6.11. The predicted molar refractivity (Wildman–Crippen MR) is 91.5 cm³/mol. The van der Waals surface area contributed by atoms with Crippen LogP contribution < -0.4 is 5.32 Å². The minimum atomic E-state index is -0.135. The van der Waals surface area contributed by atoms with Crippen LogP contribution in [0.15, 0.2) is 42.7 Å². The number of hydrogen-bond donors (Lipinski definition) is 1. The quantitative estimate of drug-likeness (QED) is 0.889. The van der Waals surface area contributed by atoms with Crippen molar-refractivity contribution in [1.29, 1.82) is 0 Å². The summed E-state index contributed by atoms with van der Waals surface area (Å²) < 4.78 is 5.11. The monoisotopic (exact) mass is 313 g/mol. The zero-order valence-electron chi connectivity index (χ0n) is 13.9. The fourth-order valence-electron chi connectivity index (χ4n) is 2.41. The third kappa shape index (κ3) is 5.38. The molecule has 0 atom stereocenters. The van der Waals surface area contributed by atoms with E-state index in [0.717, 1.165) is 22.4 Å². The zero-order valence-corrected chi connectivity index (χ0v) is 13.9. The number of anilines is 1. The molecular weight excluding hydrogens is 290 g/mol. The molecule has 5 heteroatoms. The van der Waals surface area contributed by atoms with Crippen molar-refractivity contribution < 1.29 is 9.53 Å². The Bertz CT molecular complexity index is 624. The number of carbonyl (C=O) groups excluding carboxylic acids is 1. The first kappa shape index (κ1) is 17.0. The molecule has 2 amide bonds. The number of nitrogens with one attached hydrogen (secondary N) is 1. The molecule has 0 unspecified atom stereocenters. The summed E-state index contributed by atoms with van der Waals surface area (Å²) in [5, 5.41) is 2.97. The van der Waals surface area contributed by atoms with Crippen molar-refractivity contribution in [3.8, 4) is 0 Å². The summed E-state index contributed by atoms with van der Waals surface area (Å²) in [6, 6.07) is 9.68. The highest BCUT2D eigenvalue weighted by molar-refractivity contribution is 5.89. The Labute approximate surface area is 137 Å². The van der Waals surface area contributed by atoms with E-state index in [4.69, 9.17) is 4.74 Å². The summed E-state index contributed by atoms with van der Waals surface area (Å²) in [5.74, 6) is 0. The third-order valence-electron chi connectivity index (χ3n) is 3.45. The highest BCUT2D eigenvalue weighted by Gasteiger charge is 2.14. The van der Waals surface area contributed by atoms with Gasteiger partial charge in [0, 0.05) is 38.3 Å². The van der Waals surface area contributed by atoms with Gasteiger partial charge in [0.05, 0.1) is 6.61 Å². The lowest BCUT2D eigenvalue weighted by Gasteiger charge is -2.23. The molecule has 0 radical (unpaired) electrons. The maximum atomic E-state index is 12.6. The molecule has 1 aromatic heterocycles. The smallest absolute Gasteiger partial charge is 0.322 e. The van der Waals surface area contributed by atoms with Gasteiger partial charge in [-0.05, 0) is 54.8 Å². The lowest BCUT2D eigenvalue weighted by molar-refractivity contribution is 0.153. The molecule has 1 N–H and O–H groups in total. The Morgan fingerprint density at radius 1 is 1.17 bits per heavy atom. The highest BCUT2D eigenvalue weighted by Crippen LogP contribution is 2.15. The second kappa shape index (κ2) is 8.29. The second-order valence-electron chi connectivity index (χ2n) is 5.58. The highest BCUT2D eigenvalue weighted by atomic mass is 16.5. The molecule has 1 heterocycles. The lowest BCUT2D eigenvalue weighted by Crippen LogP contribution is -2.36. The number of hydrogen-bond acceptors (Lipinski definition) is 3. The van der Waals surface area contributed by atoms with E-state index in [1.807, 2.05) is 38.1 Å². The maximum absolute atomic E-state index is 12.6. The van der Waals surface area contributed by atoms with Crippen LogP contribution in [-0.2, 0) is 11.3 Å². The first-order chi connectivity index (χ1) is 11.1. The van der Waals surface area contributed by atoms with Crippen LogP contribution >= 0.6 is 0 Å². The summed E-state index contributed by atoms with van der Waals surface area (Å²) in [4.78, 5) is 18.3. The molecule has 5 nitrogen and oxygen atoms in total. The summed E-state index contributed by atoms with van der Waals surface area (Å²) in [5.41, 5.74) is 4.09. The van der Waals surface area contributed by atoms with E-state index in [-0.39, 0.29) is 6.03 Å². The Balaban J connectivity index is 2.09. The summed E-state index contributed by atoms with van der Waals surface area (Å²) in [6.07, 6.45) is 3.46. The van der Waals surface area contributed by atoms with Gasteiger partial charge in [-0.15, -0.1) is 0 Å². The molecule has 0 saturated carbocycles. The lowest BCUT2D eigenvalue weighted by atomic mass is 10.1. The van der Waals surface area contributed by atoms with Crippen LogP contribution in [0.25, 0.3) is 0 Å². The van der Waals surface area contributed by atoms with Gasteiger partial charge in [-0.1, -0.05) is 6.07 Å². The van der Waals surface area contributed by atoms with Crippen LogP contribution in [-0.4, -0.2) is 36.2 Å². The Morgan fingerprint density at radius 3 is 2.43 bits per heavy atom. The van der Waals surface area contributed by atoms with Crippen LogP contribution in [0.5, 0.6) is 0 Å². The van der Waals surface area contributed by atoms with Crippen LogP contribution in [0.2, 0.25) is 0 Å². The van der Waals surface area contributed by atoms with Crippen molar-refractivity contribution in [2.45, 2.75) is 20.4 Å². The van der Waals surface area contributed by atoms with Crippen molar-refractivity contribution in [1.82, 2.24) is 9.88 Å². The molecule has 0 fully saturated rings. The van der Waals surface area contributed by atoms with E-state index in [0.29, 0.717) is 19.7 Å². The van der Waals surface area contributed by atoms with E-state index in [1.54, 1.807) is 24.4 Å². The molecular formula is C18H23N3O2. The van der Waals surface area contributed by atoms with E-state index < -0.39 is 0 Å². The number of benzene rings is 1. The number of ether oxygens (including phenoxy) is 1. The normalized spacial score (nSPS) is 10.4. The average Bonchev–Trinajstić information content (AvgIpc) is 2.51. The van der Waals surface area contributed by atoms with Crippen LogP contribution in [0, 0.1) is 13.8 Å². The molecule has 1 aromatic carbocycles. The van der Waals surface area contributed by atoms with E-state index in [1.165, 1.54) is 0 Å². The van der Waals surface area contributed by atoms with Crippen LogP contribution in [0.1, 0.15) is 16.7 Å². The topological polar surface area (TPSA) is 54.5 Å². The molecule has 2 rings (SSSR count). The van der Waals surface area contributed by atoms with Gasteiger partial charge in [-0.25, -0.2) is 4.79 Å². The number of aromatic nitrogens is 1. The number of urea groups is 1. The summed E-state index contributed by atoms with van der Waals surface area (Å²) in [6.45, 7) is 5.56. The van der Waals surface area contributed by atoms with Gasteiger partial charge in [0.2, 0.25) is 0 Å². The number of amides is 2. The minimum Gasteiger partial charge on any atom is -0.383 e. The second-order valence-corrected chi connectivity index (χ2v) is 5.58. The van der Waals surface area contributed by atoms with Gasteiger partial charge in [0.1, 0.15) is 0 Å². The minimum absolute atomic E-state index is 0.135. The van der Waals surface area contributed by atoms with Crippen LogP contribution in [0.3, 0.4) is 0 Å². The summed E-state index contributed by atoms with van der Waals surface area (Å²) in [7, 11) is 1.63. The van der Waals surface area contributed by atoms with Gasteiger partial charge < -0.3 is 15.0 Å². The molecule has 0 saturated heterocycles. The Hall–Kier alpha value is -2.40. The summed E-state index contributed by atoms with van der Waals surface area (Å²) >= 11 is 0. The average molecular weight is 313 g/mol. The fourth-order valence-corrected chi connectivity index (χ4v) is 2.41. The van der Waals surface area contributed by atoms with Gasteiger partial charge in [0.25, 0.3) is 0 Å². The Morgan fingerprint density at radius 2 is 1.83 bits per heavy atom. The molecule has 2 aromatic rings.